The molecule has 1 fully saturated rings. The maximum Gasteiger partial charge on any atom is 0.319 e. The number of rotatable bonds is 5. The first-order chi connectivity index (χ1) is 8.96. The van der Waals surface area contributed by atoms with Crippen LogP contribution in [0.25, 0.3) is 0 Å². The fourth-order valence-corrected chi connectivity index (χ4v) is 2.93. The summed E-state index contributed by atoms with van der Waals surface area (Å²) >= 11 is 0. The van der Waals surface area contributed by atoms with Gasteiger partial charge < -0.3 is 14.9 Å². The molecule has 0 spiro atoms. The molecule has 1 aliphatic heterocycles. The van der Waals surface area contributed by atoms with Crippen molar-refractivity contribution in [3.8, 4) is 0 Å². The summed E-state index contributed by atoms with van der Waals surface area (Å²) in [5, 5.41) is 9.51. The molecule has 1 rings (SSSR count). The second-order valence-corrected chi connectivity index (χ2v) is 5.56. The molecule has 2 amide bonds. The molecule has 1 unspecified atom stereocenters. The molecule has 0 radical (unpaired) electrons. The van der Waals surface area contributed by atoms with Crippen LogP contribution < -0.4 is 0 Å². The van der Waals surface area contributed by atoms with Crippen molar-refractivity contribution in [3.05, 3.63) is 0 Å². The molecule has 5 nitrogen and oxygen atoms in total. The molecule has 0 bridgehead atoms. The monoisotopic (exact) mass is 270 g/mol. The maximum absolute atomic E-state index is 12.3. The van der Waals surface area contributed by atoms with E-state index in [-0.39, 0.29) is 6.03 Å². The minimum Gasteiger partial charge on any atom is -0.481 e. The van der Waals surface area contributed by atoms with Gasteiger partial charge in [0.25, 0.3) is 0 Å². The van der Waals surface area contributed by atoms with Gasteiger partial charge in [0.1, 0.15) is 0 Å². The van der Waals surface area contributed by atoms with Gasteiger partial charge in [-0.2, -0.15) is 0 Å². The summed E-state index contributed by atoms with van der Waals surface area (Å²) in [7, 11) is 1.78. The number of urea groups is 1. The number of aliphatic carboxylic acids is 1. The lowest BCUT2D eigenvalue weighted by Gasteiger charge is -2.41. The number of nitrogens with zero attached hydrogens (tertiary/aromatic N) is 2. The van der Waals surface area contributed by atoms with Crippen LogP contribution in [0.2, 0.25) is 0 Å². The standard InChI is InChI=1S/C14H26N2O3/c1-4-7-14(12(17)18)8-6-10-16(11-14)13(19)15(3)9-5-2/h4-11H2,1-3H3,(H,17,18). The van der Waals surface area contributed by atoms with Crippen molar-refractivity contribution in [3.63, 3.8) is 0 Å². The molecule has 1 aliphatic rings. The molecular formula is C14H26N2O3. The van der Waals surface area contributed by atoms with E-state index in [0.717, 1.165) is 19.3 Å². The number of likely N-dealkylation sites (tertiary alicyclic amines) is 1. The van der Waals surface area contributed by atoms with Crippen molar-refractivity contribution in [1.29, 1.82) is 0 Å². The molecule has 1 heterocycles. The van der Waals surface area contributed by atoms with Crippen molar-refractivity contribution in [1.82, 2.24) is 9.80 Å². The van der Waals surface area contributed by atoms with Gasteiger partial charge >= 0.3 is 12.0 Å². The molecule has 1 N–H and O–H groups in total. The molecule has 110 valence electrons. The van der Waals surface area contributed by atoms with Crippen LogP contribution in [-0.4, -0.2) is 53.6 Å². The lowest BCUT2D eigenvalue weighted by Crippen LogP contribution is -2.53. The van der Waals surface area contributed by atoms with Gasteiger partial charge in [-0.05, 0) is 25.7 Å². The average Bonchev–Trinajstić information content (AvgIpc) is 2.38. The van der Waals surface area contributed by atoms with E-state index < -0.39 is 11.4 Å². The van der Waals surface area contributed by atoms with E-state index in [4.69, 9.17) is 0 Å². The van der Waals surface area contributed by atoms with Crippen molar-refractivity contribution < 1.29 is 14.7 Å². The van der Waals surface area contributed by atoms with Crippen LogP contribution in [0.3, 0.4) is 0 Å². The third-order valence-corrected chi connectivity index (χ3v) is 3.92. The highest BCUT2D eigenvalue weighted by atomic mass is 16.4. The lowest BCUT2D eigenvalue weighted by molar-refractivity contribution is -0.152. The zero-order valence-electron chi connectivity index (χ0n) is 12.3. The largest absolute Gasteiger partial charge is 0.481 e. The number of hydrogen-bond acceptors (Lipinski definition) is 2. The van der Waals surface area contributed by atoms with Crippen LogP contribution >= 0.6 is 0 Å². The normalized spacial score (nSPS) is 23.2. The number of piperidine rings is 1. The molecule has 1 atom stereocenters. The Morgan fingerprint density at radius 1 is 1.32 bits per heavy atom. The van der Waals surface area contributed by atoms with Crippen LogP contribution in [0, 0.1) is 5.41 Å². The summed E-state index contributed by atoms with van der Waals surface area (Å²) in [6.45, 7) is 5.76. The van der Waals surface area contributed by atoms with Gasteiger partial charge in [-0.15, -0.1) is 0 Å². The minimum atomic E-state index is -0.759. The summed E-state index contributed by atoms with van der Waals surface area (Å²) in [6.07, 6.45) is 3.84. The molecule has 0 aliphatic carbocycles. The highest BCUT2D eigenvalue weighted by molar-refractivity contribution is 5.78. The summed E-state index contributed by atoms with van der Waals surface area (Å²) in [5.41, 5.74) is -0.740. The minimum absolute atomic E-state index is 0.0386. The zero-order valence-corrected chi connectivity index (χ0v) is 12.3. The predicted molar refractivity (Wildman–Crippen MR) is 74.1 cm³/mol. The van der Waals surface area contributed by atoms with E-state index in [1.54, 1.807) is 16.8 Å². The van der Waals surface area contributed by atoms with Crippen molar-refractivity contribution in [2.24, 2.45) is 5.41 Å². The van der Waals surface area contributed by atoms with Crippen molar-refractivity contribution >= 4 is 12.0 Å². The number of hydrogen-bond donors (Lipinski definition) is 1. The Bertz CT molecular complexity index is 329. The van der Waals surface area contributed by atoms with Crippen LogP contribution in [-0.2, 0) is 4.79 Å². The molecule has 0 aromatic carbocycles. The first-order valence-electron chi connectivity index (χ1n) is 7.20. The van der Waals surface area contributed by atoms with Crippen molar-refractivity contribution in [2.75, 3.05) is 26.7 Å². The Kier molecular flexibility index (Phi) is 5.63. The molecule has 1 saturated heterocycles. The van der Waals surface area contributed by atoms with E-state index >= 15 is 0 Å². The number of carbonyl (C=O) groups excluding carboxylic acids is 1. The molecule has 5 heteroatoms. The highest BCUT2D eigenvalue weighted by Gasteiger charge is 2.43. The van der Waals surface area contributed by atoms with E-state index in [2.05, 4.69) is 0 Å². The van der Waals surface area contributed by atoms with E-state index in [1.165, 1.54) is 0 Å². The fraction of sp³-hybridized carbons (Fsp3) is 0.857. The first kappa shape index (κ1) is 15.8. The first-order valence-corrected chi connectivity index (χ1v) is 7.20. The number of carboxylic acid groups (broad SMARTS) is 1. The zero-order chi connectivity index (χ0) is 14.5. The second kappa shape index (κ2) is 6.78. The molecule has 19 heavy (non-hydrogen) atoms. The van der Waals surface area contributed by atoms with E-state index in [1.807, 2.05) is 13.8 Å². The quantitative estimate of drug-likeness (QED) is 0.834. The lowest BCUT2D eigenvalue weighted by atomic mass is 9.76. The molecule has 0 aromatic rings. The third kappa shape index (κ3) is 3.61. The van der Waals surface area contributed by atoms with Crippen molar-refractivity contribution in [2.45, 2.75) is 46.0 Å². The van der Waals surface area contributed by atoms with Gasteiger partial charge in [-0.25, -0.2) is 4.79 Å². The summed E-state index contributed by atoms with van der Waals surface area (Å²) < 4.78 is 0. The Balaban J connectivity index is 2.77. The molecule has 0 saturated carbocycles. The van der Waals surface area contributed by atoms with Gasteiger partial charge in [0.15, 0.2) is 0 Å². The summed E-state index contributed by atoms with van der Waals surface area (Å²) in [4.78, 5) is 27.2. The third-order valence-electron chi connectivity index (χ3n) is 3.92. The average molecular weight is 270 g/mol. The number of carbonyl (C=O) groups is 2. The summed E-state index contributed by atoms with van der Waals surface area (Å²) in [6, 6.07) is -0.0386. The fourth-order valence-electron chi connectivity index (χ4n) is 2.93. The van der Waals surface area contributed by atoms with E-state index in [9.17, 15) is 14.7 Å². The van der Waals surface area contributed by atoms with Gasteiger partial charge in [0, 0.05) is 26.7 Å². The van der Waals surface area contributed by atoms with Gasteiger partial charge in [-0.1, -0.05) is 20.3 Å². The number of carboxylic acids is 1. The second-order valence-electron chi connectivity index (χ2n) is 5.56. The summed E-state index contributed by atoms with van der Waals surface area (Å²) in [5.74, 6) is -0.759. The maximum atomic E-state index is 12.3. The molecular weight excluding hydrogens is 244 g/mol. The van der Waals surface area contributed by atoms with Crippen LogP contribution in [0.5, 0.6) is 0 Å². The number of amides is 2. The Morgan fingerprint density at radius 3 is 2.53 bits per heavy atom. The Hall–Kier alpha value is -1.26. The Labute approximate surface area is 115 Å². The highest BCUT2D eigenvalue weighted by Crippen LogP contribution is 2.35. The van der Waals surface area contributed by atoms with Crippen LogP contribution in [0.15, 0.2) is 0 Å². The Morgan fingerprint density at radius 2 is 2.00 bits per heavy atom. The predicted octanol–water partition coefficient (Wildman–Crippen LogP) is 2.42. The topological polar surface area (TPSA) is 60.9 Å². The van der Waals surface area contributed by atoms with Gasteiger partial charge in [0.05, 0.1) is 5.41 Å². The van der Waals surface area contributed by atoms with Gasteiger partial charge in [-0.3, -0.25) is 4.79 Å². The van der Waals surface area contributed by atoms with Crippen LogP contribution in [0.4, 0.5) is 4.79 Å². The van der Waals surface area contributed by atoms with E-state index in [0.29, 0.717) is 32.5 Å². The van der Waals surface area contributed by atoms with Gasteiger partial charge in [0.2, 0.25) is 0 Å². The molecule has 0 aromatic heterocycles. The smallest absolute Gasteiger partial charge is 0.319 e. The SMILES string of the molecule is CCCN(C)C(=O)N1CCCC(CCC)(C(=O)O)C1. The van der Waals surface area contributed by atoms with Crippen LogP contribution in [0.1, 0.15) is 46.0 Å².